The molecule has 0 aliphatic carbocycles. The van der Waals surface area contributed by atoms with E-state index in [4.69, 9.17) is 5.73 Å². The van der Waals surface area contributed by atoms with E-state index in [0.29, 0.717) is 0 Å². The Morgan fingerprint density at radius 2 is 2.39 bits per heavy atom. The highest BCUT2D eigenvalue weighted by atomic mass is 16.6. The summed E-state index contributed by atoms with van der Waals surface area (Å²) >= 11 is 0. The standard InChI is InChI=1S/C8H12N6O4/c1-10-8-12-4-5(14(16)17)6(13-8)11-2-3-18-7(9)15/h4H,2-3H2,1H3,(H2,9,15)(H2,10,11,12,13). The molecule has 0 fully saturated rings. The average Bonchev–Trinajstić information content (AvgIpc) is 2.33. The Hall–Kier alpha value is -2.65. The molecule has 0 spiro atoms. The number of carbonyl (C=O) groups excluding carboxylic acids is 1. The van der Waals surface area contributed by atoms with Crippen molar-refractivity contribution in [2.75, 3.05) is 30.8 Å². The number of ether oxygens (including phenoxy) is 1. The van der Waals surface area contributed by atoms with Crippen molar-refractivity contribution in [3.63, 3.8) is 0 Å². The molecular formula is C8H12N6O4. The molecule has 1 aromatic heterocycles. The first kappa shape index (κ1) is 13.4. The molecule has 18 heavy (non-hydrogen) atoms. The molecule has 98 valence electrons. The first-order valence-electron chi connectivity index (χ1n) is 4.90. The normalized spacial score (nSPS) is 9.61. The quantitative estimate of drug-likeness (QED) is 0.364. The molecule has 0 radical (unpaired) electrons. The van der Waals surface area contributed by atoms with E-state index in [0.717, 1.165) is 6.20 Å². The highest BCUT2D eigenvalue weighted by Crippen LogP contribution is 2.21. The first-order chi connectivity index (χ1) is 8.54. The fraction of sp³-hybridized carbons (Fsp3) is 0.375. The zero-order valence-electron chi connectivity index (χ0n) is 9.54. The molecule has 10 nitrogen and oxygen atoms in total. The van der Waals surface area contributed by atoms with Crippen molar-refractivity contribution in [1.29, 1.82) is 0 Å². The van der Waals surface area contributed by atoms with E-state index in [9.17, 15) is 14.9 Å². The van der Waals surface area contributed by atoms with Gasteiger partial charge in [0.15, 0.2) is 0 Å². The zero-order valence-corrected chi connectivity index (χ0v) is 9.54. The number of nitro groups is 1. The van der Waals surface area contributed by atoms with Gasteiger partial charge in [-0.2, -0.15) is 4.98 Å². The Morgan fingerprint density at radius 1 is 1.67 bits per heavy atom. The SMILES string of the molecule is CNc1ncc([N+](=O)[O-])c(NCCOC(N)=O)n1. The predicted molar refractivity (Wildman–Crippen MR) is 62.3 cm³/mol. The summed E-state index contributed by atoms with van der Waals surface area (Å²) in [4.78, 5) is 28.0. The number of hydrogen-bond acceptors (Lipinski definition) is 8. The summed E-state index contributed by atoms with van der Waals surface area (Å²) in [5.74, 6) is 0.270. The number of amides is 1. The van der Waals surface area contributed by atoms with Gasteiger partial charge in [-0.05, 0) is 0 Å². The van der Waals surface area contributed by atoms with Gasteiger partial charge < -0.3 is 21.1 Å². The van der Waals surface area contributed by atoms with Gasteiger partial charge in [0.2, 0.25) is 11.8 Å². The monoisotopic (exact) mass is 256 g/mol. The third-order valence-electron chi connectivity index (χ3n) is 1.83. The van der Waals surface area contributed by atoms with E-state index in [1.807, 2.05) is 0 Å². The topological polar surface area (TPSA) is 145 Å². The fourth-order valence-electron chi connectivity index (χ4n) is 1.08. The number of hydrogen-bond donors (Lipinski definition) is 3. The molecule has 0 aliphatic rings. The van der Waals surface area contributed by atoms with Crippen LogP contribution in [0.3, 0.4) is 0 Å². The minimum atomic E-state index is -0.912. The van der Waals surface area contributed by atoms with Crippen LogP contribution in [0.4, 0.5) is 22.2 Å². The molecule has 0 aromatic carbocycles. The van der Waals surface area contributed by atoms with Crippen molar-refractivity contribution < 1.29 is 14.5 Å². The largest absolute Gasteiger partial charge is 0.448 e. The second kappa shape index (κ2) is 6.18. The highest BCUT2D eigenvalue weighted by Gasteiger charge is 2.16. The number of anilines is 2. The summed E-state index contributed by atoms with van der Waals surface area (Å²) in [5, 5.41) is 16.0. The van der Waals surface area contributed by atoms with Gasteiger partial charge in [-0.15, -0.1) is 0 Å². The van der Waals surface area contributed by atoms with Crippen LogP contribution < -0.4 is 16.4 Å². The number of nitrogens with two attached hydrogens (primary N) is 1. The molecule has 1 heterocycles. The second-order valence-electron chi connectivity index (χ2n) is 3.03. The molecule has 0 saturated carbocycles. The molecule has 1 rings (SSSR count). The Bertz CT molecular complexity index is 451. The first-order valence-corrected chi connectivity index (χ1v) is 4.90. The van der Waals surface area contributed by atoms with Crippen LogP contribution in [-0.4, -0.2) is 41.2 Å². The maximum atomic E-state index is 10.7. The van der Waals surface area contributed by atoms with Gasteiger partial charge >= 0.3 is 11.8 Å². The lowest BCUT2D eigenvalue weighted by Gasteiger charge is -2.07. The highest BCUT2D eigenvalue weighted by molar-refractivity contribution is 5.64. The third kappa shape index (κ3) is 3.73. The van der Waals surface area contributed by atoms with E-state index in [1.54, 1.807) is 7.05 Å². The van der Waals surface area contributed by atoms with Crippen LogP contribution >= 0.6 is 0 Å². The molecule has 0 unspecified atom stereocenters. The molecule has 0 bridgehead atoms. The van der Waals surface area contributed by atoms with Crippen LogP contribution in [0.25, 0.3) is 0 Å². The van der Waals surface area contributed by atoms with E-state index in [1.165, 1.54) is 0 Å². The molecular weight excluding hydrogens is 244 g/mol. The van der Waals surface area contributed by atoms with Crippen LogP contribution in [0.15, 0.2) is 6.20 Å². The Kier molecular flexibility index (Phi) is 4.60. The lowest BCUT2D eigenvalue weighted by Crippen LogP contribution is -2.19. The van der Waals surface area contributed by atoms with Crippen molar-refractivity contribution in [2.45, 2.75) is 0 Å². The van der Waals surface area contributed by atoms with Crippen LogP contribution in [0.2, 0.25) is 0 Å². The smallest absolute Gasteiger partial charge is 0.404 e. The summed E-state index contributed by atoms with van der Waals surface area (Å²) in [5.41, 5.74) is 4.49. The van der Waals surface area contributed by atoms with Crippen LogP contribution in [0.1, 0.15) is 0 Å². The number of primary amides is 1. The molecule has 10 heteroatoms. The molecule has 1 amide bonds. The van der Waals surface area contributed by atoms with Crippen LogP contribution in [-0.2, 0) is 4.74 Å². The van der Waals surface area contributed by atoms with Crippen molar-refractivity contribution in [3.8, 4) is 0 Å². The van der Waals surface area contributed by atoms with Crippen molar-refractivity contribution in [3.05, 3.63) is 16.3 Å². The maximum absolute atomic E-state index is 10.7. The number of carbonyl (C=O) groups is 1. The van der Waals surface area contributed by atoms with E-state index >= 15 is 0 Å². The van der Waals surface area contributed by atoms with E-state index < -0.39 is 11.0 Å². The van der Waals surface area contributed by atoms with Crippen LogP contribution in [0, 0.1) is 10.1 Å². The molecule has 0 saturated heterocycles. The van der Waals surface area contributed by atoms with E-state index in [2.05, 4.69) is 25.3 Å². The van der Waals surface area contributed by atoms with Crippen LogP contribution in [0.5, 0.6) is 0 Å². The summed E-state index contributed by atoms with van der Waals surface area (Å²) < 4.78 is 4.47. The van der Waals surface area contributed by atoms with Gasteiger partial charge in [-0.1, -0.05) is 0 Å². The number of rotatable bonds is 6. The summed E-state index contributed by atoms with van der Waals surface area (Å²) in [6.45, 7) is 0.120. The van der Waals surface area contributed by atoms with Gasteiger partial charge in [0, 0.05) is 7.05 Å². The third-order valence-corrected chi connectivity index (χ3v) is 1.83. The molecule has 0 atom stereocenters. The van der Waals surface area contributed by atoms with Crippen molar-refractivity contribution in [2.24, 2.45) is 5.73 Å². The number of aromatic nitrogens is 2. The van der Waals surface area contributed by atoms with Gasteiger partial charge in [-0.3, -0.25) is 10.1 Å². The van der Waals surface area contributed by atoms with E-state index in [-0.39, 0.29) is 30.6 Å². The summed E-state index contributed by atoms with van der Waals surface area (Å²) in [6.07, 6.45) is 0.167. The second-order valence-corrected chi connectivity index (χ2v) is 3.03. The van der Waals surface area contributed by atoms with Crippen molar-refractivity contribution >= 4 is 23.5 Å². The average molecular weight is 256 g/mol. The lowest BCUT2D eigenvalue weighted by atomic mass is 10.4. The van der Waals surface area contributed by atoms with Crippen molar-refractivity contribution in [1.82, 2.24) is 9.97 Å². The minimum Gasteiger partial charge on any atom is -0.448 e. The molecule has 4 N–H and O–H groups in total. The van der Waals surface area contributed by atoms with Gasteiger partial charge in [0.25, 0.3) is 0 Å². The Labute approximate surface area is 102 Å². The summed E-state index contributed by atoms with van der Waals surface area (Å²) in [6, 6.07) is 0. The number of nitrogens with one attached hydrogen (secondary N) is 2. The van der Waals surface area contributed by atoms with Gasteiger partial charge in [-0.25, -0.2) is 9.78 Å². The van der Waals surface area contributed by atoms with Gasteiger partial charge in [0.05, 0.1) is 11.5 Å². The maximum Gasteiger partial charge on any atom is 0.404 e. The Balaban J connectivity index is 2.71. The zero-order chi connectivity index (χ0) is 13.5. The lowest BCUT2D eigenvalue weighted by molar-refractivity contribution is -0.384. The molecule has 0 aliphatic heterocycles. The fourth-order valence-corrected chi connectivity index (χ4v) is 1.08. The Morgan fingerprint density at radius 3 is 2.94 bits per heavy atom. The van der Waals surface area contributed by atoms with Gasteiger partial charge in [0.1, 0.15) is 12.8 Å². The summed E-state index contributed by atoms with van der Waals surface area (Å²) in [7, 11) is 1.58. The molecule has 1 aromatic rings. The number of nitrogens with zero attached hydrogens (tertiary/aromatic N) is 3. The minimum absolute atomic E-state index is 0.0224. The predicted octanol–water partition coefficient (Wildman–Crippen LogP) is -0.0663.